The van der Waals surface area contributed by atoms with Gasteiger partial charge in [0.2, 0.25) is 0 Å². The summed E-state index contributed by atoms with van der Waals surface area (Å²) in [6.45, 7) is 0. The van der Waals surface area contributed by atoms with Gasteiger partial charge in [-0.15, -0.1) is 0 Å². The van der Waals surface area contributed by atoms with E-state index in [1.54, 1.807) is 0 Å². The van der Waals surface area contributed by atoms with E-state index in [1.807, 2.05) is 28.8 Å². The van der Waals surface area contributed by atoms with Crippen molar-refractivity contribution in [2.24, 2.45) is 0 Å². The lowest BCUT2D eigenvalue weighted by molar-refractivity contribution is -0.139. The second kappa shape index (κ2) is 7.95. The summed E-state index contributed by atoms with van der Waals surface area (Å²) in [7, 11) is -3.79. The van der Waals surface area contributed by atoms with Gasteiger partial charge in [0, 0.05) is 35.3 Å². The molecule has 1 aliphatic heterocycles. The van der Waals surface area contributed by atoms with Crippen LogP contribution in [-0.4, -0.2) is 30.3 Å². The van der Waals surface area contributed by atoms with Crippen LogP contribution < -0.4 is 0 Å². The second-order valence-corrected chi connectivity index (χ2v) is 10.2. The van der Waals surface area contributed by atoms with E-state index in [4.69, 9.17) is 0 Å². The Morgan fingerprint density at radius 1 is 1.19 bits per heavy atom. The van der Waals surface area contributed by atoms with Crippen molar-refractivity contribution in [1.82, 2.24) is 4.57 Å². The number of carboxylic acid groups (broad SMARTS) is 1. The van der Waals surface area contributed by atoms with Crippen molar-refractivity contribution in [3.63, 3.8) is 0 Å². The van der Waals surface area contributed by atoms with Gasteiger partial charge in [0.15, 0.2) is 9.84 Å². The molecule has 0 fully saturated rings. The third kappa shape index (κ3) is 4.13. The molecule has 1 unspecified atom stereocenters. The number of carboxylic acids is 1. The molecule has 1 aliphatic rings. The van der Waals surface area contributed by atoms with Crippen LogP contribution >= 0.6 is 0 Å². The summed E-state index contributed by atoms with van der Waals surface area (Å²) in [6.07, 6.45) is -1.83. The highest BCUT2D eigenvalue weighted by molar-refractivity contribution is 7.90. The van der Waals surface area contributed by atoms with Gasteiger partial charge >= 0.3 is 12.1 Å². The zero-order chi connectivity index (χ0) is 23.3. The molecule has 3 aromatic rings. The first kappa shape index (κ1) is 22.4. The van der Waals surface area contributed by atoms with Gasteiger partial charge in [-0.05, 0) is 48.6 Å². The third-order valence-corrected chi connectivity index (χ3v) is 7.15. The highest BCUT2D eigenvalue weighted by Crippen LogP contribution is 2.40. The standard InChI is InChI=1S/C23H22F3NO4S/c1-32(30,31)16-10-9-14(19(13-16)23(24,25)26)11-18-17-6-2-3-7-20(17)27-15(12-22(28)29)5-4-8-21(18)27/h2-3,6-7,9-10,13,15H,4-5,8,11-12H2,1H3,(H,28,29). The molecule has 9 heteroatoms. The number of fused-ring (bicyclic) bond motifs is 3. The van der Waals surface area contributed by atoms with E-state index in [0.717, 1.165) is 34.8 Å². The number of hydrogen-bond donors (Lipinski definition) is 1. The van der Waals surface area contributed by atoms with Gasteiger partial charge in [0.1, 0.15) is 0 Å². The number of nitrogens with zero attached hydrogens (tertiary/aromatic N) is 1. The number of sulfone groups is 1. The number of aliphatic carboxylic acids is 1. The van der Waals surface area contributed by atoms with Crippen LogP contribution in [0.25, 0.3) is 10.9 Å². The van der Waals surface area contributed by atoms with Crippen LogP contribution in [0.2, 0.25) is 0 Å². The average molecular weight is 465 g/mol. The van der Waals surface area contributed by atoms with E-state index in [1.165, 1.54) is 12.1 Å². The number of alkyl halides is 3. The summed E-state index contributed by atoms with van der Waals surface area (Å²) in [6, 6.07) is 10.2. The predicted molar refractivity (Wildman–Crippen MR) is 114 cm³/mol. The van der Waals surface area contributed by atoms with Crippen molar-refractivity contribution in [3.05, 3.63) is 64.8 Å². The lowest BCUT2D eigenvalue weighted by Crippen LogP contribution is -2.21. The summed E-state index contributed by atoms with van der Waals surface area (Å²) in [5, 5.41) is 10.1. The van der Waals surface area contributed by atoms with Gasteiger partial charge < -0.3 is 9.67 Å². The largest absolute Gasteiger partial charge is 0.481 e. The van der Waals surface area contributed by atoms with Crippen molar-refractivity contribution in [3.8, 4) is 0 Å². The Balaban J connectivity index is 1.89. The molecule has 4 rings (SSSR count). The molecular weight excluding hydrogens is 443 g/mol. The first-order chi connectivity index (χ1) is 15.0. The topological polar surface area (TPSA) is 76.4 Å². The van der Waals surface area contributed by atoms with Crippen LogP contribution in [0.3, 0.4) is 0 Å². The first-order valence-corrected chi connectivity index (χ1v) is 12.1. The maximum absolute atomic E-state index is 13.8. The van der Waals surface area contributed by atoms with Crippen LogP contribution in [0, 0.1) is 0 Å². The molecule has 0 amide bonds. The Morgan fingerprint density at radius 2 is 1.91 bits per heavy atom. The maximum Gasteiger partial charge on any atom is 0.416 e. The Labute approximate surface area is 183 Å². The third-order valence-electron chi connectivity index (χ3n) is 6.04. The summed E-state index contributed by atoms with van der Waals surface area (Å²) < 4.78 is 67.1. The molecule has 0 aliphatic carbocycles. The number of rotatable bonds is 5. The van der Waals surface area contributed by atoms with E-state index in [2.05, 4.69) is 0 Å². The monoisotopic (exact) mass is 465 g/mol. The molecule has 32 heavy (non-hydrogen) atoms. The summed E-state index contributed by atoms with van der Waals surface area (Å²) in [5.74, 6) is -0.919. The molecular formula is C23H22F3NO4S. The van der Waals surface area contributed by atoms with Gasteiger partial charge in [0.05, 0.1) is 16.9 Å². The number of carbonyl (C=O) groups is 1. The van der Waals surface area contributed by atoms with E-state index in [9.17, 15) is 31.5 Å². The van der Waals surface area contributed by atoms with Crippen LogP contribution in [0.1, 0.15) is 47.7 Å². The minimum absolute atomic E-state index is 0.00980. The van der Waals surface area contributed by atoms with Gasteiger partial charge in [0.25, 0.3) is 0 Å². The molecule has 0 spiro atoms. The molecule has 5 nitrogen and oxygen atoms in total. The number of aromatic nitrogens is 1. The zero-order valence-corrected chi connectivity index (χ0v) is 18.1. The SMILES string of the molecule is CS(=O)(=O)c1ccc(Cc2c3n(c4ccccc24)C(CC(=O)O)CCC3)c(C(F)(F)F)c1. The Bertz CT molecular complexity index is 1310. The van der Waals surface area contributed by atoms with Crippen molar-refractivity contribution in [2.45, 2.75) is 49.2 Å². The highest BCUT2D eigenvalue weighted by Gasteiger charge is 2.35. The highest BCUT2D eigenvalue weighted by atomic mass is 32.2. The van der Waals surface area contributed by atoms with Gasteiger partial charge in [-0.1, -0.05) is 24.3 Å². The number of para-hydroxylation sites is 1. The Morgan fingerprint density at radius 3 is 2.56 bits per heavy atom. The summed E-state index contributed by atoms with van der Waals surface area (Å²) >= 11 is 0. The summed E-state index contributed by atoms with van der Waals surface area (Å²) in [4.78, 5) is 11.0. The molecule has 0 bridgehead atoms. The number of halogens is 3. The minimum atomic E-state index is -4.71. The molecule has 0 saturated heterocycles. The van der Waals surface area contributed by atoms with E-state index in [-0.39, 0.29) is 29.3 Å². The van der Waals surface area contributed by atoms with Crippen LogP contribution in [0.15, 0.2) is 47.4 Å². The average Bonchev–Trinajstić information content (AvgIpc) is 3.01. The fourth-order valence-electron chi connectivity index (χ4n) is 4.69. The number of benzene rings is 2. The van der Waals surface area contributed by atoms with Gasteiger partial charge in [-0.2, -0.15) is 13.2 Å². The quantitative estimate of drug-likeness (QED) is 0.575. The van der Waals surface area contributed by atoms with Crippen LogP contribution in [-0.2, 0) is 33.6 Å². The zero-order valence-electron chi connectivity index (χ0n) is 17.3. The molecule has 170 valence electrons. The van der Waals surface area contributed by atoms with Crippen LogP contribution in [0.4, 0.5) is 13.2 Å². The molecule has 2 heterocycles. The minimum Gasteiger partial charge on any atom is -0.481 e. The molecule has 0 saturated carbocycles. The molecule has 1 N–H and O–H groups in total. The van der Waals surface area contributed by atoms with E-state index in [0.29, 0.717) is 18.9 Å². The normalized spacial score (nSPS) is 16.8. The predicted octanol–water partition coefficient (Wildman–Crippen LogP) is 5.01. The second-order valence-electron chi connectivity index (χ2n) is 8.22. The van der Waals surface area contributed by atoms with Gasteiger partial charge in [-0.3, -0.25) is 4.79 Å². The van der Waals surface area contributed by atoms with Crippen molar-refractivity contribution < 1.29 is 31.5 Å². The molecule has 1 atom stereocenters. The van der Waals surface area contributed by atoms with E-state index < -0.39 is 27.5 Å². The van der Waals surface area contributed by atoms with Crippen LogP contribution in [0.5, 0.6) is 0 Å². The summed E-state index contributed by atoms with van der Waals surface area (Å²) in [5.41, 5.74) is 1.41. The Hall–Kier alpha value is -2.81. The van der Waals surface area contributed by atoms with Crippen molar-refractivity contribution in [2.75, 3.05) is 6.26 Å². The number of hydrogen-bond acceptors (Lipinski definition) is 3. The fraction of sp³-hybridized carbons (Fsp3) is 0.348. The lowest BCUT2D eigenvalue weighted by atomic mass is 9.94. The van der Waals surface area contributed by atoms with Crippen molar-refractivity contribution >= 4 is 26.7 Å². The first-order valence-electron chi connectivity index (χ1n) is 10.2. The Kier molecular flexibility index (Phi) is 5.56. The smallest absolute Gasteiger partial charge is 0.416 e. The molecule has 2 aromatic carbocycles. The lowest BCUT2D eigenvalue weighted by Gasteiger charge is -2.27. The molecule has 0 radical (unpaired) electrons. The molecule has 1 aromatic heterocycles. The van der Waals surface area contributed by atoms with Gasteiger partial charge in [-0.25, -0.2) is 8.42 Å². The maximum atomic E-state index is 13.8. The van der Waals surface area contributed by atoms with Crippen molar-refractivity contribution in [1.29, 1.82) is 0 Å². The van der Waals surface area contributed by atoms with E-state index >= 15 is 0 Å². The fourth-order valence-corrected chi connectivity index (χ4v) is 5.34.